The second-order valence-corrected chi connectivity index (χ2v) is 10.5. The van der Waals surface area contributed by atoms with E-state index in [0.29, 0.717) is 12.1 Å². The Labute approximate surface area is 193 Å². The number of aliphatic hydroxyl groups excluding tert-OH is 1. The summed E-state index contributed by atoms with van der Waals surface area (Å²) in [6.07, 6.45) is 4.48. The monoisotopic (exact) mass is 481 g/mol. The molecule has 32 heavy (non-hydrogen) atoms. The number of hydrogen-bond donors (Lipinski definition) is 3. The number of halogens is 1. The maximum Gasteiger partial charge on any atom is 0.240 e. The quantitative estimate of drug-likeness (QED) is 0.552. The van der Waals surface area contributed by atoms with Crippen molar-refractivity contribution in [2.45, 2.75) is 55.2 Å². The largest absolute Gasteiger partial charge is 0.470 e. The number of rotatable bonds is 7. The smallest absolute Gasteiger partial charge is 0.240 e. The molecule has 1 saturated heterocycles. The molecule has 1 saturated carbocycles. The maximum absolute atomic E-state index is 12.7. The zero-order valence-corrected chi connectivity index (χ0v) is 19.4. The van der Waals surface area contributed by atoms with Gasteiger partial charge < -0.3 is 20.1 Å². The van der Waals surface area contributed by atoms with Gasteiger partial charge in [0.1, 0.15) is 11.1 Å². The molecule has 2 atom stereocenters. The van der Waals surface area contributed by atoms with E-state index in [1.54, 1.807) is 24.3 Å². The highest BCUT2D eigenvalue weighted by Gasteiger charge is 2.28. The van der Waals surface area contributed by atoms with Crippen LogP contribution in [0.1, 0.15) is 32.1 Å². The van der Waals surface area contributed by atoms with Crippen LogP contribution in [-0.4, -0.2) is 66.8 Å². The number of nitrogens with zero attached hydrogens (tertiary/aromatic N) is 3. The summed E-state index contributed by atoms with van der Waals surface area (Å²) in [5.74, 6) is 0.466. The number of benzene rings is 1. The molecule has 0 amide bonds. The molecule has 1 aromatic carbocycles. The number of anilines is 2. The zero-order chi connectivity index (χ0) is 22.7. The van der Waals surface area contributed by atoms with Crippen molar-refractivity contribution in [1.29, 1.82) is 0 Å². The lowest BCUT2D eigenvalue weighted by molar-refractivity contribution is 0.0575. The summed E-state index contributed by atoms with van der Waals surface area (Å²) in [5, 5.41) is 13.3. The molecule has 9 nitrogen and oxygen atoms in total. The maximum atomic E-state index is 12.7. The molecule has 2 heterocycles. The Morgan fingerprint density at radius 3 is 2.53 bits per heavy atom. The fourth-order valence-electron chi connectivity index (χ4n) is 3.94. The average molecular weight is 482 g/mol. The van der Waals surface area contributed by atoms with E-state index < -0.39 is 16.1 Å². The Kier molecular flexibility index (Phi) is 7.16. The highest BCUT2D eigenvalue weighted by atomic mass is 35.5. The summed E-state index contributed by atoms with van der Waals surface area (Å²) >= 11 is 6.15. The fourth-order valence-corrected chi connectivity index (χ4v) is 5.38. The van der Waals surface area contributed by atoms with Crippen LogP contribution in [0.5, 0.6) is 5.88 Å². The lowest BCUT2D eigenvalue weighted by Gasteiger charge is -2.29. The van der Waals surface area contributed by atoms with Gasteiger partial charge in [0.05, 0.1) is 17.2 Å². The normalized spacial score (nSPS) is 22.7. The summed E-state index contributed by atoms with van der Waals surface area (Å²) in [7, 11) is -1.55. The van der Waals surface area contributed by atoms with E-state index in [9.17, 15) is 13.5 Å². The third kappa shape index (κ3) is 5.68. The molecule has 4 rings (SSSR count). The molecule has 1 aliphatic carbocycles. The van der Waals surface area contributed by atoms with E-state index in [-0.39, 0.29) is 33.9 Å². The van der Waals surface area contributed by atoms with Gasteiger partial charge in [0.15, 0.2) is 0 Å². The molecule has 0 spiro atoms. The van der Waals surface area contributed by atoms with Gasteiger partial charge in [0.2, 0.25) is 21.9 Å². The molecule has 174 valence electrons. The molecule has 0 bridgehead atoms. The Bertz CT molecular complexity index is 1030. The Hall–Kier alpha value is -1.98. The average Bonchev–Trinajstić information content (AvgIpc) is 3.17. The van der Waals surface area contributed by atoms with Crippen LogP contribution in [0.3, 0.4) is 0 Å². The standard InChI is InChI=1S/C21H28ClN5O4S/c1-27-11-9-15(10-12-27)26-32(29,30)16-7-5-14(6-8-16)24-21-23-13-17(22)20(25-21)31-19-4-2-3-18(19)28/h5-8,13,15,18-19,26,28H,2-4,9-12H2,1H3,(H,23,24,25). The second-order valence-electron chi connectivity index (χ2n) is 8.35. The Balaban J connectivity index is 1.40. The molecule has 2 aliphatic rings. The highest BCUT2D eigenvalue weighted by Crippen LogP contribution is 2.29. The van der Waals surface area contributed by atoms with Gasteiger partial charge in [-0.2, -0.15) is 4.98 Å². The summed E-state index contributed by atoms with van der Waals surface area (Å²) in [4.78, 5) is 10.8. The predicted octanol–water partition coefficient (Wildman–Crippen LogP) is 2.54. The van der Waals surface area contributed by atoms with Gasteiger partial charge in [-0.3, -0.25) is 0 Å². The lowest BCUT2D eigenvalue weighted by atomic mass is 10.1. The number of aliphatic hydroxyl groups is 1. The van der Waals surface area contributed by atoms with Gasteiger partial charge in [-0.05, 0) is 76.5 Å². The summed E-state index contributed by atoms with van der Waals surface area (Å²) < 4.78 is 34.0. The highest BCUT2D eigenvalue weighted by molar-refractivity contribution is 7.89. The first-order chi connectivity index (χ1) is 15.3. The number of aromatic nitrogens is 2. The molecule has 0 radical (unpaired) electrons. The van der Waals surface area contributed by atoms with Crippen LogP contribution in [0.2, 0.25) is 5.02 Å². The fraction of sp³-hybridized carbons (Fsp3) is 0.524. The first kappa shape index (κ1) is 23.2. The molecule has 11 heteroatoms. The topological polar surface area (TPSA) is 117 Å². The third-order valence-corrected chi connectivity index (χ3v) is 7.65. The molecule has 3 N–H and O–H groups in total. The van der Waals surface area contributed by atoms with Crippen molar-refractivity contribution in [2.75, 3.05) is 25.5 Å². The molecule has 1 aromatic heterocycles. The number of sulfonamides is 1. The lowest BCUT2D eigenvalue weighted by Crippen LogP contribution is -2.43. The second kappa shape index (κ2) is 9.88. The summed E-state index contributed by atoms with van der Waals surface area (Å²) in [5.41, 5.74) is 0.623. The number of hydrogen-bond acceptors (Lipinski definition) is 8. The van der Waals surface area contributed by atoms with Crippen LogP contribution >= 0.6 is 11.6 Å². The molecular weight excluding hydrogens is 454 g/mol. The number of ether oxygens (including phenoxy) is 1. The Morgan fingerprint density at radius 1 is 1.16 bits per heavy atom. The SMILES string of the molecule is CN1CCC(NS(=O)(=O)c2ccc(Nc3ncc(Cl)c(OC4CCCC4O)n3)cc2)CC1. The van der Waals surface area contributed by atoms with Crippen LogP contribution in [0.25, 0.3) is 0 Å². The number of piperidine rings is 1. The van der Waals surface area contributed by atoms with Crippen LogP contribution in [0, 0.1) is 0 Å². The van der Waals surface area contributed by atoms with Crippen molar-refractivity contribution in [3.63, 3.8) is 0 Å². The van der Waals surface area contributed by atoms with Crippen LogP contribution < -0.4 is 14.8 Å². The van der Waals surface area contributed by atoms with E-state index in [0.717, 1.165) is 38.8 Å². The first-order valence-electron chi connectivity index (χ1n) is 10.8. The van der Waals surface area contributed by atoms with Crippen molar-refractivity contribution in [3.05, 3.63) is 35.5 Å². The molecule has 2 fully saturated rings. The van der Waals surface area contributed by atoms with E-state index in [1.165, 1.54) is 6.20 Å². The van der Waals surface area contributed by atoms with E-state index >= 15 is 0 Å². The summed E-state index contributed by atoms with van der Waals surface area (Å²) in [6, 6.07) is 6.35. The minimum Gasteiger partial charge on any atom is -0.470 e. The van der Waals surface area contributed by atoms with Crippen molar-refractivity contribution in [2.24, 2.45) is 0 Å². The van der Waals surface area contributed by atoms with E-state index in [1.807, 2.05) is 7.05 Å². The van der Waals surface area contributed by atoms with Crippen molar-refractivity contribution < 1.29 is 18.3 Å². The Morgan fingerprint density at radius 2 is 1.88 bits per heavy atom. The first-order valence-corrected chi connectivity index (χ1v) is 12.6. The van der Waals surface area contributed by atoms with Gasteiger partial charge in [-0.15, -0.1) is 0 Å². The van der Waals surface area contributed by atoms with E-state index in [2.05, 4.69) is 24.9 Å². The zero-order valence-electron chi connectivity index (χ0n) is 17.9. The predicted molar refractivity (Wildman–Crippen MR) is 122 cm³/mol. The van der Waals surface area contributed by atoms with Gasteiger partial charge >= 0.3 is 0 Å². The molecule has 2 unspecified atom stereocenters. The molecule has 2 aromatic rings. The van der Waals surface area contributed by atoms with Gasteiger partial charge in [0.25, 0.3) is 0 Å². The van der Waals surface area contributed by atoms with Crippen LogP contribution in [-0.2, 0) is 10.0 Å². The minimum atomic E-state index is -3.59. The number of nitrogens with one attached hydrogen (secondary N) is 2. The molecule has 1 aliphatic heterocycles. The minimum absolute atomic E-state index is 0.0479. The van der Waals surface area contributed by atoms with Crippen molar-refractivity contribution >= 4 is 33.3 Å². The van der Waals surface area contributed by atoms with Crippen LogP contribution in [0.15, 0.2) is 35.4 Å². The van der Waals surface area contributed by atoms with Gasteiger partial charge in [-0.1, -0.05) is 11.6 Å². The summed E-state index contributed by atoms with van der Waals surface area (Å²) in [6.45, 7) is 1.76. The third-order valence-electron chi connectivity index (χ3n) is 5.85. The number of likely N-dealkylation sites (tertiary alicyclic amines) is 1. The van der Waals surface area contributed by atoms with Crippen LogP contribution in [0.4, 0.5) is 11.6 Å². The molecular formula is C21H28ClN5O4S. The van der Waals surface area contributed by atoms with Gasteiger partial charge in [-0.25, -0.2) is 18.1 Å². The van der Waals surface area contributed by atoms with Gasteiger partial charge in [0, 0.05) is 11.7 Å². The van der Waals surface area contributed by atoms with Crippen molar-refractivity contribution in [3.8, 4) is 5.88 Å². The van der Waals surface area contributed by atoms with E-state index in [4.69, 9.17) is 16.3 Å². The van der Waals surface area contributed by atoms with Crippen molar-refractivity contribution in [1.82, 2.24) is 19.6 Å².